The highest BCUT2D eigenvalue weighted by atomic mass is 32.1. The van der Waals surface area contributed by atoms with Gasteiger partial charge in [0, 0.05) is 16.8 Å². The Hall–Kier alpha value is -4.44. The van der Waals surface area contributed by atoms with E-state index < -0.39 is 6.36 Å². The third-order valence-electron chi connectivity index (χ3n) is 6.52. The lowest BCUT2D eigenvalue weighted by Gasteiger charge is -2.15. The molecule has 0 amide bonds. The molecule has 0 spiro atoms. The number of anilines is 1. The Balaban J connectivity index is 1.31. The van der Waals surface area contributed by atoms with Crippen LogP contribution in [-0.4, -0.2) is 27.2 Å². The van der Waals surface area contributed by atoms with Gasteiger partial charge in [-0.05, 0) is 83.5 Å². The van der Waals surface area contributed by atoms with Gasteiger partial charge in [0.2, 0.25) is 0 Å². The second-order valence-electron chi connectivity index (χ2n) is 9.05. The molecule has 1 heterocycles. The van der Waals surface area contributed by atoms with Gasteiger partial charge in [-0.2, -0.15) is 5.10 Å². The first-order valence-electron chi connectivity index (χ1n) is 12.7. The summed E-state index contributed by atoms with van der Waals surface area (Å²) in [5, 5.41) is 9.93. The number of hydrazone groups is 1. The number of ether oxygens (including phenoxy) is 1. The fourth-order valence-corrected chi connectivity index (χ4v) is 4.79. The summed E-state index contributed by atoms with van der Waals surface area (Å²) in [4.78, 5) is 4.57. The Morgan fingerprint density at radius 2 is 1.73 bits per heavy atom. The minimum Gasteiger partial charge on any atom is -0.406 e. The number of thiocarbonyl (C=S) groups is 1. The van der Waals surface area contributed by atoms with Crippen molar-refractivity contribution >= 4 is 51.0 Å². The predicted octanol–water partition coefficient (Wildman–Crippen LogP) is 7.52. The molecule has 6 nitrogen and oxygen atoms in total. The Labute approximate surface area is 234 Å². The summed E-state index contributed by atoms with van der Waals surface area (Å²) in [6.07, 6.45) is 0.413. The molecule has 0 aliphatic rings. The van der Waals surface area contributed by atoms with Crippen molar-refractivity contribution in [1.29, 1.82) is 0 Å². The molecule has 5 rings (SSSR count). The molecule has 0 saturated carbocycles. The molecule has 1 aromatic heterocycles. The number of fused-ring (bicyclic) bond motifs is 3. The lowest BCUT2D eigenvalue weighted by atomic mass is 10.0. The van der Waals surface area contributed by atoms with Gasteiger partial charge >= 0.3 is 6.36 Å². The first-order chi connectivity index (χ1) is 19.3. The van der Waals surface area contributed by atoms with E-state index in [1.807, 2.05) is 34.9 Å². The average Bonchev–Trinajstić information content (AvgIpc) is 3.37. The van der Waals surface area contributed by atoms with Crippen molar-refractivity contribution in [1.82, 2.24) is 15.0 Å². The SMILES string of the molecule is CCc1cccc(CC)c1NC(=S)N/N=C/c1ccc2c(ccc3c2ncn3-c2ccc(OC(F)(F)F)cc2)c1. The van der Waals surface area contributed by atoms with Crippen LogP contribution in [0.25, 0.3) is 27.5 Å². The maximum Gasteiger partial charge on any atom is 0.573 e. The van der Waals surface area contributed by atoms with Crippen LogP contribution in [0.2, 0.25) is 0 Å². The summed E-state index contributed by atoms with van der Waals surface area (Å²) in [5.41, 5.74) is 9.48. The van der Waals surface area contributed by atoms with Gasteiger partial charge in [0.15, 0.2) is 5.11 Å². The topological polar surface area (TPSA) is 63.5 Å². The van der Waals surface area contributed by atoms with Crippen molar-refractivity contribution in [2.24, 2.45) is 5.10 Å². The quantitative estimate of drug-likeness (QED) is 0.122. The third kappa shape index (κ3) is 5.91. The molecule has 0 unspecified atom stereocenters. The third-order valence-corrected chi connectivity index (χ3v) is 6.71. The van der Waals surface area contributed by atoms with E-state index in [1.54, 1.807) is 24.7 Å². The molecule has 204 valence electrons. The molecule has 0 saturated heterocycles. The van der Waals surface area contributed by atoms with Gasteiger partial charge in [0.05, 0.1) is 17.2 Å². The van der Waals surface area contributed by atoms with Crippen molar-refractivity contribution in [3.8, 4) is 11.4 Å². The van der Waals surface area contributed by atoms with Crippen molar-refractivity contribution in [2.45, 2.75) is 33.1 Å². The zero-order chi connectivity index (χ0) is 28.3. The number of halogens is 3. The Bertz CT molecular complexity index is 1690. The summed E-state index contributed by atoms with van der Waals surface area (Å²) in [7, 11) is 0. The second kappa shape index (κ2) is 11.4. The number of imidazole rings is 1. The molecule has 5 aromatic rings. The van der Waals surface area contributed by atoms with Gasteiger partial charge in [0.1, 0.15) is 12.1 Å². The molecular weight excluding hydrogens is 535 g/mol. The number of hydrogen-bond donors (Lipinski definition) is 2. The van der Waals surface area contributed by atoms with Gasteiger partial charge in [-0.1, -0.05) is 50.2 Å². The van der Waals surface area contributed by atoms with Crippen LogP contribution in [0.3, 0.4) is 0 Å². The van der Waals surface area contributed by atoms with Crippen LogP contribution in [0.5, 0.6) is 5.75 Å². The molecule has 10 heteroatoms. The fraction of sp³-hybridized carbons (Fsp3) is 0.167. The van der Waals surface area contributed by atoms with E-state index in [2.05, 4.69) is 57.6 Å². The summed E-state index contributed by atoms with van der Waals surface area (Å²) in [5.74, 6) is -0.275. The molecule has 40 heavy (non-hydrogen) atoms. The van der Waals surface area contributed by atoms with Crippen molar-refractivity contribution in [3.05, 3.63) is 95.8 Å². The Morgan fingerprint density at radius 1 is 1.00 bits per heavy atom. The molecule has 0 bridgehead atoms. The zero-order valence-corrected chi connectivity index (χ0v) is 22.6. The lowest BCUT2D eigenvalue weighted by molar-refractivity contribution is -0.274. The van der Waals surface area contributed by atoms with Crippen LogP contribution in [0, 0.1) is 0 Å². The summed E-state index contributed by atoms with van der Waals surface area (Å²) in [6, 6.07) is 21.7. The number of alkyl halides is 3. The number of para-hydroxylation sites is 1. The minimum absolute atomic E-state index is 0.275. The maximum absolute atomic E-state index is 12.5. The number of benzene rings is 4. The van der Waals surface area contributed by atoms with Gasteiger partial charge in [0.25, 0.3) is 0 Å². The van der Waals surface area contributed by atoms with E-state index >= 15 is 0 Å². The number of rotatable bonds is 7. The first kappa shape index (κ1) is 27.1. The highest BCUT2D eigenvalue weighted by molar-refractivity contribution is 7.80. The number of aryl methyl sites for hydroxylation is 2. The van der Waals surface area contributed by atoms with E-state index in [0.717, 1.165) is 45.9 Å². The van der Waals surface area contributed by atoms with E-state index in [1.165, 1.54) is 23.3 Å². The van der Waals surface area contributed by atoms with Gasteiger partial charge in [-0.3, -0.25) is 9.99 Å². The standard InChI is InChI=1S/C30H26F3N5OS/c1-3-20-6-5-7-21(4-2)27(20)36-29(40)37-35-17-19-8-14-25-22(16-19)9-15-26-28(25)34-18-38(26)23-10-12-24(13-11-23)39-30(31,32)33/h5-18H,3-4H2,1-2H3,(H2,36,37,40)/b35-17+. The number of hydrogen-bond acceptors (Lipinski definition) is 4. The van der Waals surface area contributed by atoms with Crippen molar-refractivity contribution in [3.63, 3.8) is 0 Å². The zero-order valence-electron chi connectivity index (χ0n) is 21.8. The first-order valence-corrected chi connectivity index (χ1v) is 13.1. The minimum atomic E-state index is -4.73. The summed E-state index contributed by atoms with van der Waals surface area (Å²) >= 11 is 5.47. The Kier molecular flexibility index (Phi) is 7.70. The van der Waals surface area contributed by atoms with E-state index in [4.69, 9.17) is 12.2 Å². The van der Waals surface area contributed by atoms with Crippen LogP contribution in [0.1, 0.15) is 30.5 Å². The highest BCUT2D eigenvalue weighted by Crippen LogP contribution is 2.29. The average molecular weight is 562 g/mol. The molecule has 0 atom stereocenters. The molecule has 0 aliphatic heterocycles. The molecule has 0 aliphatic carbocycles. The molecule has 0 radical (unpaired) electrons. The van der Waals surface area contributed by atoms with Gasteiger partial charge in [-0.25, -0.2) is 4.98 Å². The van der Waals surface area contributed by atoms with E-state index in [-0.39, 0.29) is 5.75 Å². The fourth-order valence-electron chi connectivity index (χ4n) is 4.63. The van der Waals surface area contributed by atoms with Crippen molar-refractivity contribution < 1.29 is 17.9 Å². The summed E-state index contributed by atoms with van der Waals surface area (Å²) in [6.45, 7) is 4.22. The van der Waals surface area contributed by atoms with Crippen molar-refractivity contribution in [2.75, 3.05) is 5.32 Å². The lowest BCUT2D eigenvalue weighted by Crippen LogP contribution is -2.25. The second-order valence-corrected chi connectivity index (χ2v) is 9.46. The van der Waals surface area contributed by atoms with E-state index in [0.29, 0.717) is 10.8 Å². The molecular formula is C30H26F3N5OS. The van der Waals surface area contributed by atoms with Crippen LogP contribution < -0.4 is 15.5 Å². The smallest absolute Gasteiger partial charge is 0.406 e. The van der Waals surface area contributed by atoms with Gasteiger partial charge in [-0.15, -0.1) is 13.2 Å². The molecule has 2 N–H and O–H groups in total. The molecule has 0 fully saturated rings. The molecule has 4 aromatic carbocycles. The van der Waals surface area contributed by atoms with E-state index in [9.17, 15) is 13.2 Å². The predicted molar refractivity (Wildman–Crippen MR) is 157 cm³/mol. The monoisotopic (exact) mass is 561 g/mol. The number of nitrogens with one attached hydrogen (secondary N) is 2. The van der Waals surface area contributed by atoms with Gasteiger partial charge < -0.3 is 10.1 Å². The summed E-state index contributed by atoms with van der Waals surface area (Å²) < 4.78 is 43.2. The van der Waals surface area contributed by atoms with Crippen LogP contribution >= 0.6 is 12.2 Å². The normalized spacial score (nSPS) is 11.8. The van der Waals surface area contributed by atoms with Crippen LogP contribution in [0.15, 0.2) is 84.2 Å². The highest BCUT2D eigenvalue weighted by Gasteiger charge is 2.31. The maximum atomic E-state index is 12.5. The largest absolute Gasteiger partial charge is 0.573 e. The van der Waals surface area contributed by atoms with Crippen LogP contribution in [0.4, 0.5) is 18.9 Å². The number of aromatic nitrogens is 2. The number of nitrogens with zero attached hydrogens (tertiary/aromatic N) is 3. The Morgan fingerprint density at radius 3 is 2.40 bits per heavy atom. The van der Waals surface area contributed by atoms with Crippen LogP contribution in [-0.2, 0) is 12.8 Å².